The fraction of sp³-hybridized carbons (Fsp3) is 0.900. The van der Waals surface area contributed by atoms with Crippen molar-refractivity contribution in [3.8, 4) is 0 Å². The quantitative estimate of drug-likeness (QED) is 0.757. The molecule has 0 unspecified atom stereocenters. The number of amides is 1. The van der Waals surface area contributed by atoms with Crippen LogP contribution in [0.15, 0.2) is 0 Å². The monoisotopic (exact) mass is 246 g/mol. The molecule has 6 heteroatoms. The van der Waals surface area contributed by atoms with E-state index in [-0.39, 0.29) is 11.8 Å². The summed E-state index contributed by atoms with van der Waals surface area (Å²) in [6.07, 6.45) is 5.13. The molecule has 1 saturated carbocycles. The number of sulfonamides is 1. The first-order valence-corrected chi connectivity index (χ1v) is 7.60. The van der Waals surface area contributed by atoms with Crippen molar-refractivity contribution >= 4 is 15.9 Å². The first kappa shape index (κ1) is 11.9. The number of nitrogens with zero attached hydrogens (tertiary/aromatic N) is 1. The van der Waals surface area contributed by atoms with E-state index in [1.165, 1.54) is 12.8 Å². The van der Waals surface area contributed by atoms with E-state index >= 15 is 0 Å². The maximum Gasteiger partial charge on any atom is 0.236 e. The summed E-state index contributed by atoms with van der Waals surface area (Å²) in [5.74, 6) is -0.470. The minimum atomic E-state index is -3.40. The van der Waals surface area contributed by atoms with Gasteiger partial charge in [-0.25, -0.2) is 8.42 Å². The van der Waals surface area contributed by atoms with Gasteiger partial charge < -0.3 is 4.90 Å². The summed E-state index contributed by atoms with van der Waals surface area (Å²) < 4.78 is 23.9. The Bertz CT molecular complexity index is 368. The number of hydrogen-bond acceptors (Lipinski definition) is 4. The van der Waals surface area contributed by atoms with Crippen LogP contribution in [0.5, 0.6) is 0 Å². The molecule has 16 heavy (non-hydrogen) atoms. The Morgan fingerprint density at radius 2 is 1.75 bits per heavy atom. The van der Waals surface area contributed by atoms with Crippen LogP contribution in [0, 0.1) is 5.92 Å². The van der Waals surface area contributed by atoms with Gasteiger partial charge in [0.25, 0.3) is 0 Å². The molecular weight excluding hydrogens is 228 g/mol. The summed E-state index contributed by atoms with van der Waals surface area (Å²) in [5, 5.41) is 0. The van der Waals surface area contributed by atoms with Crippen molar-refractivity contribution in [2.45, 2.75) is 31.7 Å². The van der Waals surface area contributed by atoms with Gasteiger partial charge in [-0.15, -0.1) is 0 Å². The largest absolute Gasteiger partial charge is 0.300 e. The van der Waals surface area contributed by atoms with Gasteiger partial charge in [0.2, 0.25) is 15.9 Å². The Morgan fingerprint density at radius 3 is 2.19 bits per heavy atom. The second-order valence-electron chi connectivity index (χ2n) is 4.78. The van der Waals surface area contributed by atoms with Crippen LogP contribution >= 0.6 is 0 Å². The molecule has 0 atom stereocenters. The number of nitrogens with one attached hydrogen (secondary N) is 1. The zero-order valence-electron chi connectivity index (χ0n) is 9.48. The Kier molecular flexibility index (Phi) is 3.21. The fourth-order valence-electron chi connectivity index (χ4n) is 2.23. The van der Waals surface area contributed by atoms with Crippen molar-refractivity contribution < 1.29 is 13.2 Å². The molecule has 1 aliphatic heterocycles. The molecule has 1 aliphatic carbocycles. The summed E-state index contributed by atoms with van der Waals surface area (Å²) in [6.45, 7) is 1.85. The van der Waals surface area contributed by atoms with Crippen molar-refractivity contribution in [3.05, 3.63) is 0 Å². The lowest BCUT2D eigenvalue weighted by molar-refractivity contribution is -0.124. The Labute approximate surface area is 96.2 Å². The molecule has 1 saturated heterocycles. The van der Waals surface area contributed by atoms with Crippen LogP contribution in [-0.2, 0) is 14.8 Å². The third-order valence-electron chi connectivity index (χ3n) is 3.25. The Hall–Kier alpha value is -0.620. The molecular formula is C10H18N2O3S. The first-order chi connectivity index (χ1) is 7.46. The van der Waals surface area contributed by atoms with Crippen molar-refractivity contribution in [2.24, 2.45) is 5.92 Å². The molecule has 0 aromatic heterocycles. The topological polar surface area (TPSA) is 66.5 Å². The standard InChI is InChI=1S/C10H18N2O3S/c1-16(14,15)11-10(13)8-4-6-12(7-5-8)9-2-3-9/h8-9H,2-7H2,1H3,(H,11,13). The van der Waals surface area contributed by atoms with Crippen LogP contribution in [0.25, 0.3) is 0 Å². The van der Waals surface area contributed by atoms with E-state index in [1.807, 2.05) is 0 Å². The number of likely N-dealkylation sites (tertiary alicyclic amines) is 1. The molecule has 0 radical (unpaired) electrons. The van der Waals surface area contributed by atoms with E-state index in [9.17, 15) is 13.2 Å². The predicted molar refractivity (Wildman–Crippen MR) is 60.3 cm³/mol. The third-order valence-corrected chi connectivity index (χ3v) is 3.82. The van der Waals surface area contributed by atoms with Gasteiger partial charge in [0.15, 0.2) is 0 Å². The molecule has 0 spiro atoms. The number of carbonyl (C=O) groups is 1. The highest BCUT2D eigenvalue weighted by atomic mass is 32.2. The van der Waals surface area contributed by atoms with Crippen molar-refractivity contribution in [2.75, 3.05) is 19.3 Å². The van der Waals surface area contributed by atoms with Gasteiger partial charge in [0.1, 0.15) is 0 Å². The molecule has 2 fully saturated rings. The van der Waals surface area contributed by atoms with Crippen LogP contribution in [0.3, 0.4) is 0 Å². The maximum atomic E-state index is 11.6. The van der Waals surface area contributed by atoms with Crippen molar-refractivity contribution in [3.63, 3.8) is 0 Å². The normalized spacial score (nSPS) is 24.3. The molecule has 1 N–H and O–H groups in total. The highest BCUT2D eigenvalue weighted by molar-refractivity contribution is 7.89. The number of carbonyl (C=O) groups excluding carboxylic acids is 1. The summed E-state index contributed by atoms with van der Waals surface area (Å²) in [5.41, 5.74) is 0. The van der Waals surface area contributed by atoms with Crippen LogP contribution in [0.4, 0.5) is 0 Å². The summed E-state index contributed by atoms with van der Waals surface area (Å²) >= 11 is 0. The second-order valence-corrected chi connectivity index (χ2v) is 6.53. The number of piperidine rings is 1. The van der Waals surface area contributed by atoms with E-state index in [0.717, 1.165) is 38.2 Å². The first-order valence-electron chi connectivity index (χ1n) is 5.71. The summed E-state index contributed by atoms with van der Waals surface area (Å²) in [6, 6.07) is 0.735. The van der Waals surface area contributed by atoms with Gasteiger partial charge in [-0.2, -0.15) is 0 Å². The molecule has 1 amide bonds. The Morgan fingerprint density at radius 1 is 1.19 bits per heavy atom. The molecule has 0 bridgehead atoms. The highest BCUT2D eigenvalue weighted by Gasteiger charge is 2.34. The molecule has 0 aromatic carbocycles. The van der Waals surface area contributed by atoms with E-state index in [4.69, 9.17) is 0 Å². The molecule has 0 aromatic rings. The zero-order valence-corrected chi connectivity index (χ0v) is 10.3. The maximum absolute atomic E-state index is 11.6. The minimum absolute atomic E-state index is 0.135. The van der Waals surface area contributed by atoms with Crippen LogP contribution in [0.1, 0.15) is 25.7 Å². The average Bonchev–Trinajstić information content (AvgIpc) is 2.98. The van der Waals surface area contributed by atoms with Gasteiger partial charge in [0.05, 0.1) is 6.26 Å². The minimum Gasteiger partial charge on any atom is -0.300 e. The van der Waals surface area contributed by atoms with E-state index in [2.05, 4.69) is 9.62 Å². The SMILES string of the molecule is CS(=O)(=O)NC(=O)C1CCN(C2CC2)CC1. The average molecular weight is 246 g/mol. The molecule has 92 valence electrons. The summed E-state index contributed by atoms with van der Waals surface area (Å²) in [7, 11) is -3.40. The molecule has 5 nitrogen and oxygen atoms in total. The van der Waals surface area contributed by atoms with Gasteiger partial charge in [-0.1, -0.05) is 0 Å². The Balaban J connectivity index is 1.81. The number of rotatable bonds is 3. The highest BCUT2D eigenvalue weighted by Crippen LogP contribution is 2.30. The van der Waals surface area contributed by atoms with Gasteiger partial charge >= 0.3 is 0 Å². The number of hydrogen-bond donors (Lipinski definition) is 1. The molecule has 2 rings (SSSR count). The lowest BCUT2D eigenvalue weighted by Gasteiger charge is -2.30. The van der Waals surface area contributed by atoms with Crippen molar-refractivity contribution in [1.82, 2.24) is 9.62 Å². The van der Waals surface area contributed by atoms with Crippen molar-refractivity contribution in [1.29, 1.82) is 0 Å². The molecule has 2 aliphatic rings. The van der Waals surface area contributed by atoms with E-state index in [0.29, 0.717) is 0 Å². The zero-order chi connectivity index (χ0) is 11.8. The van der Waals surface area contributed by atoms with Crippen LogP contribution in [-0.4, -0.2) is 44.6 Å². The lowest BCUT2D eigenvalue weighted by atomic mass is 9.96. The van der Waals surface area contributed by atoms with E-state index < -0.39 is 10.0 Å². The summed E-state index contributed by atoms with van der Waals surface area (Å²) in [4.78, 5) is 14.0. The van der Waals surface area contributed by atoms with Crippen LogP contribution in [0.2, 0.25) is 0 Å². The second kappa shape index (κ2) is 4.33. The van der Waals surface area contributed by atoms with Gasteiger partial charge in [-0.05, 0) is 38.8 Å². The van der Waals surface area contributed by atoms with Gasteiger partial charge in [0, 0.05) is 12.0 Å². The molecule has 1 heterocycles. The fourth-order valence-corrected chi connectivity index (χ4v) is 2.76. The van der Waals surface area contributed by atoms with E-state index in [1.54, 1.807) is 0 Å². The third kappa shape index (κ3) is 3.18. The smallest absolute Gasteiger partial charge is 0.236 e. The predicted octanol–water partition coefficient (Wildman–Crippen LogP) is -0.0634. The lowest BCUT2D eigenvalue weighted by Crippen LogP contribution is -2.42. The van der Waals surface area contributed by atoms with Gasteiger partial charge in [-0.3, -0.25) is 9.52 Å². The van der Waals surface area contributed by atoms with Crippen LogP contribution < -0.4 is 4.72 Å².